The molecule has 1 saturated heterocycles. The zero-order chi connectivity index (χ0) is 22.5. The average molecular weight is 447 g/mol. The Morgan fingerprint density at radius 1 is 1.16 bits per heavy atom. The fraction of sp³-hybridized carbons (Fsp3) is 0.450. The Balaban J connectivity index is 0.00000132. The molecule has 1 fully saturated rings. The molecule has 3 aromatic rings. The lowest BCUT2D eigenvalue weighted by Crippen LogP contribution is -2.45. The summed E-state index contributed by atoms with van der Waals surface area (Å²) in [4.78, 5) is 28.5. The summed E-state index contributed by atoms with van der Waals surface area (Å²) in [6, 6.07) is 5.59. The number of likely N-dealkylation sites (N-methyl/N-ethyl adjacent to an activating group) is 1. The van der Waals surface area contributed by atoms with Gasteiger partial charge in [0, 0.05) is 33.2 Å². The number of rotatable bonds is 5. The molecule has 1 N–H and O–H groups in total. The number of hydrogen-bond donors (Lipinski definition) is 1. The van der Waals surface area contributed by atoms with Crippen LogP contribution < -0.4 is 15.1 Å². The number of aromatic nitrogens is 4. The van der Waals surface area contributed by atoms with Crippen molar-refractivity contribution in [2.45, 2.75) is 13.8 Å². The molecule has 0 radical (unpaired) electrons. The second kappa shape index (κ2) is 9.94. The Hall–Kier alpha value is -2.89. The molecule has 166 valence electrons. The average Bonchev–Trinajstić information content (AvgIpc) is 3.06. The first-order valence-electron chi connectivity index (χ1n) is 9.95. The Bertz CT molecular complexity index is 1110. The van der Waals surface area contributed by atoms with Crippen LogP contribution in [0.15, 0.2) is 23.0 Å². The molecule has 0 bridgehead atoms. The number of piperazine rings is 1. The number of H-pyrrole nitrogens is 1. The lowest BCUT2D eigenvalue weighted by atomic mass is 10.1. The van der Waals surface area contributed by atoms with E-state index in [4.69, 9.17) is 13.8 Å². The lowest BCUT2D eigenvalue weighted by molar-refractivity contribution is -0.0849. The summed E-state index contributed by atoms with van der Waals surface area (Å²) in [6.07, 6.45) is 0. The number of ether oxygens (including phenoxy) is 1. The number of aromatic amines is 1. The highest BCUT2D eigenvalue weighted by atomic mass is 32.1. The standard InChI is InChI=1S/C20H26N6O3.OS/c1-5-28-16-7-6-14(29-26-10-8-24(3)9-11-26)12-15(16)19-21-17-13(2)23-25(4)18(17)20(27)22-19;1-2/h6-7,12H,5,8-11H2,1-4H3,(H,21,22,27);. The van der Waals surface area contributed by atoms with Crippen LogP contribution in [0.3, 0.4) is 0 Å². The maximum atomic E-state index is 12.7. The normalized spacial score (nSPS) is 14.8. The number of aryl methyl sites for hydroxylation is 2. The van der Waals surface area contributed by atoms with Gasteiger partial charge in [-0.3, -0.25) is 9.48 Å². The van der Waals surface area contributed by atoms with E-state index in [1.807, 2.05) is 37.1 Å². The molecule has 1 aliphatic rings. The van der Waals surface area contributed by atoms with Gasteiger partial charge in [0.2, 0.25) is 0 Å². The lowest BCUT2D eigenvalue weighted by Gasteiger charge is -2.31. The Morgan fingerprint density at radius 3 is 2.55 bits per heavy atom. The Labute approximate surface area is 185 Å². The van der Waals surface area contributed by atoms with E-state index >= 15 is 0 Å². The van der Waals surface area contributed by atoms with Crippen molar-refractivity contribution in [2.75, 3.05) is 39.8 Å². The molecule has 10 nitrogen and oxygen atoms in total. The number of hydrogen-bond acceptors (Lipinski definition) is 9. The van der Waals surface area contributed by atoms with E-state index in [-0.39, 0.29) is 5.56 Å². The first-order chi connectivity index (χ1) is 15.0. The molecule has 0 aliphatic carbocycles. The zero-order valence-electron chi connectivity index (χ0n) is 18.0. The zero-order valence-corrected chi connectivity index (χ0v) is 18.9. The highest BCUT2D eigenvalue weighted by Crippen LogP contribution is 2.32. The SMILES string of the molecule is CCOc1ccc(ON2CCN(C)CC2)cc1-c1nc2c(C)nn(C)c2c(=O)[nH]1.O=S. The van der Waals surface area contributed by atoms with E-state index in [1.165, 1.54) is 0 Å². The van der Waals surface area contributed by atoms with Gasteiger partial charge in [-0.25, -0.2) is 4.98 Å². The van der Waals surface area contributed by atoms with E-state index in [0.29, 0.717) is 46.2 Å². The second-order valence-corrected chi connectivity index (χ2v) is 7.24. The minimum absolute atomic E-state index is 0.235. The molecular weight excluding hydrogens is 420 g/mol. The molecule has 0 amide bonds. The van der Waals surface area contributed by atoms with Gasteiger partial charge in [-0.2, -0.15) is 9.31 Å². The highest BCUT2D eigenvalue weighted by molar-refractivity contribution is 7.44. The third-order valence-electron chi connectivity index (χ3n) is 5.06. The van der Waals surface area contributed by atoms with Gasteiger partial charge in [-0.05, 0) is 39.1 Å². The van der Waals surface area contributed by atoms with Crippen molar-refractivity contribution < 1.29 is 13.8 Å². The van der Waals surface area contributed by atoms with Crippen LogP contribution in [-0.2, 0) is 19.6 Å². The van der Waals surface area contributed by atoms with Gasteiger partial charge in [-0.15, -0.1) is 5.06 Å². The molecule has 4 rings (SSSR count). The van der Waals surface area contributed by atoms with Crippen molar-refractivity contribution in [3.05, 3.63) is 34.2 Å². The topological polar surface area (TPSA) is 106 Å². The Morgan fingerprint density at radius 2 is 1.87 bits per heavy atom. The minimum atomic E-state index is -0.235. The van der Waals surface area contributed by atoms with Crippen LogP contribution in [0.4, 0.5) is 0 Å². The number of nitrogens with zero attached hydrogens (tertiary/aromatic N) is 5. The van der Waals surface area contributed by atoms with Crippen LogP contribution in [0.5, 0.6) is 11.5 Å². The molecule has 0 atom stereocenters. The quantitative estimate of drug-likeness (QED) is 0.619. The van der Waals surface area contributed by atoms with Crippen LogP contribution in [0, 0.1) is 6.92 Å². The summed E-state index contributed by atoms with van der Waals surface area (Å²) in [6.45, 7) is 7.83. The van der Waals surface area contributed by atoms with E-state index < -0.39 is 0 Å². The van der Waals surface area contributed by atoms with Crippen molar-refractivity contribution in [1.82, 2.24) is 29.7 Å². The predicted molar refractivity (Wildman–Crippen MR) is 118 cm³/mol. The molecule has 11 heteroatoms. The molecule has 3 heterocycles. The third-order valence-corrected chi connectivity index (χ3v) is 5.06. The monoisotopic (exact) mass is 446 g/mol. The summed E-state index contributed by atoms with van der Waals surface area (Å²) in [7, 11) is 3.84. The van der Waals surface area contributed by atoms with Gasteiger partial charge < -0.3 is 19.5 Å². The number of fused-ring (bicyclic) bond motifs is 1. The maximum absolute atomic E-state index is 12.7. The van der Waals surface area contributed by atoms with Crippen LogP contribution in [0.1, 0.15) is 12.6 Å². The highest BCUT2D eigenvalue weighted by Gasteiger charge is 2.19. The fourth-order valence-electron chi connectivity index (χ4n) is 3.53. The molecule has 0 saturated carbocycles. The maximum Gasteiger partial charge on any atom is 0.277 e. The van der Waals surface area contributed by atoms with Gasteiger partial charge in [0.15, 0.2) is 18.1 Å². The predicted octanol–water partition coefficient (Wildman–Crippen LogP) is 1.24. The van der Waals surface area contributed by atoms with Crippen LogP contribution in [0.25, 0.3) is 22.4 Å². The van der Waals surface area contributed by atoms with Crippen molar-refractivity contribution in [3.8, 4) is 22.9 Å². The van der Waals surface area contributed by atoms with Gasteiger partial charge in [0.05, 0.1) is 17.9 Å². The molecule has 1 aliphatic heterocycles. The molecule has 31 heavy (non-hydrogen) atoms. The molecule has 0 spiro atoms. The Kier molecular flexibility index (Phi) is 7.31. The third kappa shape index (κ3) is 4.89. The van der Waals surface area contributed by atoms with Crippen molar-refractivity contribution >= 4 is 23.6 Å². The number of hydroxylamine groups is 2. The second-order valence-electron chi connectivity index (χ2n) is 7.24. The van der Waals surface area contributed by atoms with E-state index in [1.54, 1.807) is 11.7 Å². The van der Waals surface area contributed by atoms with Crippen molar-refractivity contribution in [1.29, 1.82) is 0 Å². The van der Waals surface area contributed by atoms with Crippen LogP contribution in [-0.4, -0.2) is 73.8 Å². The van der Waals surface area contributed by atoms with E-state index in [9.17, 15) is 4.79 Å². The molecule has 2 aromatic heterocycles. The molecule has 0 unspecified atom stereocenters. The largest absolute Gasteiger partial charge is 0.493 e. The van der Waals surface area contributed by atoms with E-state index in [0.717, 1.165) is 26.2 Å². The summed E-state index contributed by atoms with van der Waals surface area (Å²) in [5.74, 6) is 1.76. The first-order valence-corrected chi connectivity index (χ1v) is 10.3. The smallest absolute Gasteiger partial charge is 0.277 e. The summed E-state index contributed by atoms with van der Waals surface area (Å²) in [5.41, 5.74) is 2.19. The molecule has 1 aromatic carbocycles. The molecular formula is C20H26N6O4S. The van der Waals surface area contributed by atoms with Crippen LogP contribution in [0.2, 0.25) is 0 Å². The summed E-state index contributed by atoms with van der Waals surface area (Å²) >= 11 is 2.83. The van der Waals surface area contributed by atoms with Crippen molar-refractivity contribution in [2.24, 2.45) is 7.05 Å². The van der Waals surface area contributed by atoms with Gasteiger partial charge in [-0.1, -0.05) is 0 Å². The minimum Gasteiger partial charge on any atom is -0.493 e. The van der Waals surface area contributed by atoms with Gasteiger partial charge in [0.25, 0.3) is 5.56 Å². The van der Waals surface area contributed by atoms with Gasteiger partial charge in [0.1, 0.15) is 22.8 Å². The summed E-state index contributed by atoms with van der Waals surface area (Å²) in [5, 5.41) is 6.26. The fourth-order valence-corrected chi connectivity index (χ4v) is 3.53. The number of benzene rings is 1. The summed E-state index contributed by atoms with van der Waals surface area (Å²) < 4.78 is 15.2. The number of nitrogens with one attached hydrogen (secondary N) is 1. The van der Waals surface area contributed by atoms with Gasteiger partial charge >= 0.3 is 0 Å². The van der Waals surface area contributed by atoms with E-state index in [2.05, 4.69) is 39.5 Å². The van der Waals surface area contributed by atoms with Crippen LogP contribution >= 0.6 is 0 Å². The first kappa shape index (κ1) is 22.8. The van der Waals surface area contributed by atoms with Crippen molar-refractivity contribution in [3.63, 3.8) is 0 Å².